The molecule has 0 saturated heterocycles. The molecule has 0 unspecified atom stereocenters. The number of halogens is 3. The van der Waals surface area contributed by atoms with Gasteiger partial charge >= 0.3 is 0 Å². The van der Waals surface area contributed by atoms with Gasteiger partial charge in [-0.1, -0.05) is 17.7 Å². The van der Waals surface area contributed by atoms with Gasteiger partial charge in [0.1, 0.15) is 0 Å². The minimum atomic E-state index is -0.833. The van der Waals surface area contributed by atoms with Crippen molar-refractivity contribution in [1.29, 1.82) is 0 Å². The van der Waals surface area contributed by atoms with Gasteiger partial charge in [-0.05, 0) is 42.0 Å². The lowest BCUT2D eigenvalue weighted by Gasteiger charge is -2.06. The molecule has 0 aliphatic carbocycles. The van der Waals surface area contributed by atoms with E-state index >= 15 is 0 Å². The van der Waals surface area contributed by atoms with Gasteiger partial charge in [-0.2, -0.15) is 0 Å². The molecule has 2 aromatic carbocycles. The molecule has 0 heterocycles. The van der Waals surface area contributed by atoms with Crippen LogP contribution in [0.2, 0.25) is 5.02 Å². The smallest absolute Gasteiger partial charge is 0.159 e. The molecule has 0 bridgehead atoms. The van der Waals surface area contributed by atoms with Crippen LogP contribution in [0.4, 0.5) is 14.5 Å². The van der Waals surface area contributed by atoms with Gasteiger partial charge < -0.3 is 5.32 Å². The van der Waals surface area contributed by atoms with Crippen LogP contribution in [0.5, 0.6) is 0 Å². The van der Waals surface area contributed by atoms with E-state index < -0.39 is 11.6 Å². The van der Waals surface area contributed by atoms with Crippen molar-refractivity contribution in [1.82, 2.24) is 0 Å². The van der Waals surface area contributed by atoms with Crippen LogP contribution < -0.4 is 5.32 Å². The summed E-state index contributed by atoms with van der Waals surface area (Å²) in [4.78, 5) is 0. The third-order valence-corrected chi connectivity index (χ3v) is 2.58. The lowest BCUT2D eigenvalue weighted by Crippen LogP contribution is -2.00. The third kappa shape index (κ3) is 3.17. The van der Waals surface area contributed by atoms with E-state index in [0.717, 1.165) is 11.8 Å². The molecule has 0 fully saturated rings. The van der Waals surface area contributed by atoms with Crippen molar-refractivity contribution in [2.75, 3.05) is 5.32 Å². The fourth-order valence-electron chi connectivity index (χ4n) is 1.42. The molecule has 0 saturated carbocycles. The summed E-state index contributed by atoms with van der Waals surface area (Å²) in [6, 6.07) is 11.0. The van der Waals surface area contributed by atoms with E-state index in [2.05, 4.69) is 5.32 Å². The molecular formula is C13H10ClF2N. The summed E-state index contributed by atoms with van der Waals surface area (Å²) in [6.45, 7) is 0.429. The summed E-state index contributed by atoms with van der Waals surface area (Å²) in [7, 11) is 0. The number of anilines is 1. The Morgan fingerprint density at radius 2 is 1.65 bits per heavy atom. The first-order valence-electron chi connectivity index (χ1n) is 5.08. The number of nitrogens with one attached hydrogen (secondary N) is 1. The van der Waals surface area contributed by atoms with E-state index in [1.807, 2.05) is 12.1 Å². The molecule has 88 valence electrons. The SMILES string of the molecule is Fc1ccc(CNc2ccc(Cl)cc2)cc1F. The largest absolute Gasteiger partial charge is 0.381 e. The topological polar surface area (TPSA) is 12.0 Å². The van der Waals surface area contributed by atoms with Crippen molar-refractivity contribution >= 4 is 17.3 Å². The fraction of sp³-hybridized carbons (Fsp3) is 0.0769. The summed E-state index contributed by atoms with van der Waals surface area (Å²) in [6.07, 6.45) is 0. The first-order valence-corrected chi connectivity index (χ1v) is 5.46. The van der Waals surface area contributed by atoms with Gasteiger partial charge in [0.25, 0.3) is 0 Å². The minimum absolute atomic E-state index is 0.429. The van der Waals surface area contributed by atoms with Crippen molar-refractivity contribution in [3.63, 3.8) is 0 Å². The maximum absolute atomic E-state index is 12.9. The predicted octanol–water partition coefficient (Wildman–Crippen LogP) is 4.23. The van der Waals surface area contributed by atoms with Crippen molar-refractivity contribution in [3.05, 3.63) is 64.7 Å². The third-order valence-electron chi connectivity index (χ3n) is 2.32. The second-order valence-corrected chi connectivity index (χ2v) is 4.05. The Bertz CT molecular complexity index is 511. The monoisotopic (exact) mass is 253 g/mol. The van der Waals surface area contributed by atoms with Crippen molar-refractivity contribution in [2.45, 2.75) is 6.54 Å². The Morgan fingerprint density at radius 1 is 0.941 bits per heavy atom. The van der Waals surface area contributed by atoms with Crippen LogP contribution in [0.15, 0.2) is 42.5 Å². The Hall–Kier alpha value is -1.61. The molecule has 1 N–H and O–H groups in total. The van der Waals surface area contributed by atoms with Crippen LogP contribution in [0.25, 0.3) is 0 Å². The average molecular weight is 254 g/mol. The van der Waals surface area contributed by atoms with E-state index in [4.69, 9.17) is 11.6 Å². The average Bonchev–Trinajstić information content (AvgIpc) is 2.33. The Morgan fingerprint density at radius 3 is 2.29 bits per heavy atom. The highest BCUT2D eigenvalue weighted by molar-refractivity contribution is 6.30. The summed E-state index contributed by atoms with van der Waals surface area (Å²) in [5.74, 6) is -1.67. The standard InChI is InChI=1S/C13H10ClF2N/c14-10-2-4-11(5-3-10)17-8-9-1-6-12(15)13(16)7-9/h1-7,17H,8H2. The van der Waals surface area contributed by atoms with Gasteiger partial charge in [0, 0.05) is 17.3 Å². The summed E-state index contributed by atoms with van der Waals surface area (Å²) < 4.78 is 25.6. The molecule has 2 aromatic rings. The van der Waals surface area contributed by atoms with E-state index in [1.54, 1.807) is 18.2 Å². The van der Waals surface area contributed by atoms with Crippen LogP contribution in [0, 0.1) is 11.6 Å². The second-order valence-electron chi connectivity index (χ2n) is 3.61. The van der Waals surface area contributed by atoms with Crippen molar-refractivity contribution in [2.24, 2.45) is 0 Å². The number of hydrogen-bond donors (Lipinski definition) is 1. The molecule has 17 heavy (non-hydrogen) atoms. The highest BCUT2D eigenvalue weighted by atomic mass is 35.5. The highest BCUT2D eigenvalue weighted by Crippen LogP contribution is 2.15. The molecule has 0 amide bonds. The van der Waals surface area contributed by atoms with E-state index in [-0.39, 0.29) is 0 Å². The molecule has 4 heteroatoms. The summed E-state index contributed by atoms with van der Waals surface area (Å²) in [5.41, 5.74) is 1.55. The molecule has 0 aliphatic rings. The Balaban J connectivity index is 2.02. The molecule has 0 radical (unpaired) electrons. The second kappa shape index (κ2) is 5.15. The van der Waals surface area contributed by atoms with Crippen molar-refractivity contribution in [3.8, 4) is 0 Å². The molecule has 2 rings (SSSR count). The summed E-state index contributed by atoms with van der Waals surface area (Å²) in [5, 5.41) is 3.74. The maximum Gasteiger partial charge on any atom is 0.159 e. The Labute approximate surface area is 103 Å². The highest BCUT2D eigenvalue weighted by Gasteiger charge is 2.02. The van der Waals surface area contributed by atoms with Crippen LogP contribution in [0.3, 0.4) is 0 Å². The Kier molecular flexibility index (Phi) is 3.59. The first-order chi connectivity index (χ1) is 8.15. The number of rotatable bonds is 3. The first kappa shape index (κ1) is 11.9. The molecular weight excluding hydrogens is 244 g/mol. The zero-order chi connectivity index (χ0) is 12.3. The molecule has 0 aliphatic heterocycles. The van der Waals surface area contributed by atoms with Crippen LogP contribution in [0.1, 0.15) is 5.56 Å². The van der Waals surface area contributed by atoms with Gasteiger partial charge in [0.2, 0.25) is 0 Å². The zero-order valence-corrected chi connectivity index (χ0v) is 9.64. The van der Waals surface area contributed by atoms with Crippen LogP contribution in [-0.4, -0.2) is 0 Å². The van der Waals surface area contributed by atoms with E-state index in [0.29, 0.717) is 17.1 Å². The normalized spacial score (nSPS) is 10.3. The number of benzene rings is 2. The van der Waals surface area contributed by atoms with Crippen molar-refractivity contribution < 1.29 is 8.78 Å². The molecule has 1 nitrogen and oxygen atoms in total. The lowest BCUT2D eigenvalue weighted by molar-refractivity contribution is 0.507. The quantitative estimate of drug-likeness (QED) is 0.863. The molecule has 0 spiro atoms. The lowest BCUT2D eigenvalue weighted by atomic mass is 10.2. The van der Waals surface area contributed by atoms with Gasteiger partial charge in [-0.3, -0.25) is 0 Å². The van der Waals surface area contributed by atoms with Crippen LogP contribution >= 0.6 is 11.6 Å². The van der Waals surface area contributed by atoms with E-state index in [1.165, 1.54) is 6.07 Å². The zero-order valence-electron chi connectivity index (χ0n) is 8.88. The van der Waals surface area contributed by atoms with E-state index in [9.17, 15) is 8.78 Å². The molecule has 0 atom stereocenters. The van der Waals surface area contributed by atoms with Gasteiger partial charge in [-0.15, -0.1) is 0 Å². The predicted molar refractivity (Wildman–Crippen MR) is 65.1 cm³/mol. The fourth-order valence-corrected chi connectivity index (χ4v) is 1.55. The maximum atomic E-state index is 12.9. The molecule has 0 aromatic heterocycles. The van der Waals surface area contributed by atoms with Gasteiger partial charge in [0.15, 0.2) is 11.6 Å². The van der Waals surface area contributed by atoms with Gasteiger partial charge in [-0.25, -0.2) is 8.78 Å². The number of hydrogen-bond acceptors (Lipinski definition) is 1. The van der Waals surface area contributed by atoms with Gasteiger partial charge in [0.05, 0.1) is 0 Å². The summed E-state index contributed by atoms with van der Waals surface area (Å²) >= 11 is 5.75. The minimum Gasteiger partial charge on any atom is -0.381 e. The van der Waals surface area contributed by atoms with Crippen LogP contribution in [-0.2, 0) is 6.54 Å².